The summed E-state index contributed by atoms with van der Waals surface area (Å²) in [6, 6.07) is 0. The van der Waals surface area contributed by atoms with Gasteiger partial charge in [-0.2, -0.15) is 0 Å². The lowest BCUT2D eigenvalue weighted by Crippen LogP contribution is -2.41. The Labute approximate surface area is 113 Å². The highest BCUT2D eigenvalue weighted by molar-refractivity contribution is 7.12. The van der Waals surface area contributed by atoms with E-state index >= 15 is 0 Å². The number of aryl methyl sites for hydroxylation is 1. The Kier molecular flexibility index (Phi) is 3.67. The molecule has 0 bridgehead atoms. The van der Waals surface area contributed by atoms with Crippen molar-refractivity contribution in [3.63, 3.8) is 0 Å². The molecule has 5 heteroatoms. The molecule has 0 amide bonds. The number of rotatable bonds is 3. The van der Waals surface area contributed by atoms with Crippen LogP contribution in [0.5, 0.6) is 0 Å². The molecular weight excluding hydrogens is 245 g/mol. The van der Waals surface area contributed by atoms with Gasteiger partial charge in [-0.05, 0) is 34.1 Å². The van der Waals surface area contributed by atoms with E-state index in [1.54, 1.807) is 11.3 Å². The van der Waals surface area contributed by atoms with Crippen LogP contribution >= 0.6 is 11.3 Å². The lowest BCUT2D eigenvalue weighted by atomic mass is 9.90. The predicted molar refractivity (Wildman–Crippen MR) is 76.6 cm³/mol. The van der Waals surface area contributed by atoms with Gasteiger partial charge in [-0.15, -0.1) is 11.3 Å². The van der Waals surface area contributed by atoms with Gasteiger partial charge in [-0.25, -0.2) is 4.98 Å². The van der Waals surface area contributed by atoms with Gasteiger partial charge in [0, 0.05) is 11.1 Å². The first-order chi connectivity index (χ1) is 8.34. The molecule has 1 aliphatic heterocycles. The van der Waals surface area contributed by atoms with Gasteiger partial charge >= 0.3 is 7.12 Å². The van der Waals surface area contributed by atoms with Gasteiger partial charge in [0.1, 0.15) is 0 Å². The van der Waals surface area contributed by atoms with Crippen molar-refractivity contribution in [2.24, 2.45) is 0 Å². The van der Waals surface area contributed by atoms with Crippen LogP contribution in [0.3, 0.4) is 0 Å². The molecule has 2 rings (SSSR count). The first-order valence-electron chi connectivity index (χ1n) is 6.32. The van der Waals surface area contributed by atoms with E-state index in [0.717, 1.165) is 16.3 Å². The maximum absolute atomic E-state index is 5.89. The Morgan fingerprint density at radius 1 is 1.28 bits per heavy atom. The molecule has 0 radical (unpaired) electrons. The number of nitrogens with zero attached hydrogens (tertiary/aromatic N) is 1. The molecule has 0 N–H and O–H groups in total. The van der Waals surface area contributed by atoms with Crippen molar-refractivity contribution in [2.45, 2.75) is 52.2 Å². The molecule has 1 aromatic rings. The first kappa shape index (κ1) is 13.8. The normalized spacial score (nSPS) is 21.9. The second kappa shape index (κ2) is 4.80. The summed E-state index contributed by atoms with van der Waals surface area (Å²) >= 11 is 1.71. The lowest BCUT2D eigenvalue weighted by Gasteiger charge is -2.32. The topological polar surface area (TPSA) is 31.4 Å². The zero-order valence-corrected chi connectivity index (χ0v) is 12.5. The van der Waals surface area contributed by atoms with Crippen molar-refractivity contribution in [3.8, 4) is 0 Å². The number of hydrogen-bond acceptors (Lipinski definition) is 4. The monoisotopic (exact) mass is 265 g/mol. The third-order valence-corrected chi connectivity index (χ3v) is 4.67. The van der Waals surface area contributed by atoms with E-state index in [9.17, 15) is 0 Å². The standard InChI is InChI=1S/C13H20BNO2S/c1-6-11-15-9-10(18-11)7-8-14-16-12(2,3)13(4,5)17-14/h7-9H,6H2,1-5H3/b8-7+. The number of aromatic nitrogens is 1. The van der Waals surface area contributed by atoms with E-state index in [0.29, 0.717) is 0 Å². The van der Waals surface area contributed by atoms with Crippen molar-refractivity contribution in [1.82, 2.24) is 4.98 Å². The maximum atomic E-state index is 5.89. The summed E-state index contributed by atoms with van der Waals surface area (Å²) in [6.07, 6.45) is 4.90. The molecule has 0 aliphatic carbocycles. The van der Waals surface area contributed by atoms with Crippen LogP contribution in [0, 0.1) is 0 Å². The van der Waals surface area contributed by atoms with Crippen LogP contribution in [0.1, 0.15) is 44.5 Å². The summed E-state index contributed by atoms with van der Waals surface area (Å²) in [6.45, 7) is 10.3. The Morgan fingerprint density at radius 2 is 1.89 bits per heavy atom. The van der Waals surface area contributed by atoms with E-state index in [1.807, 2.05) is 18.2 Å². The van der Waals surface area contributed by atoms with Crippen molar-refractivity contribution in [3.05, 3.63) is 22.1 Å². The summed E-state index contributed by atoms with van der Waals surface area (Å²) in [7, 11) is -0.276. The van der Waals surface area contributed by atoms with E-state index in [1.165, 1.54) is 0 Å². The van der Waals surface area contributed by atoms with Crippen LogP contribution in [0.4, 0.5) is 0 Å². The molecule has 0 saturated carbocycles. The summed E-state index contributed by atoms with van der Waals surface area (Å²) in [4.78, 5) is 5.46. The summed E-state index contributed by atoms with van der Waals surface area (Å²) < 4.78 is 11.8. The average molecular weight is 265 g/mol. The van der Waals surface area contributed by atoms with Gasteiger partial charge in [0.15, 0.2) is 0 Å². The van der Waals surface area contributed by atoms with Crippen LogP contribution < -0.4 is 0 Å². The fourth-order valence-corrected chi connectivity index (χ4v) is 2.48. The van der Waals surface area contributed by atoms with Crippen molar-refractivity contribution >= 4 is 24.5 Å². The van der Waals surface area contributed by atoms with Gasteiger partial charge in [0.05, 0.1) is 16.2 Å². The quantitative estimate of drug-likeness (QED) is 0.785. The lowest BCUT2D eigenvalue weighted by molar-refractivity contribution is 0.00578. The number of thiazole rings is 1. The molecular formula is C13H20BNO2S. The third kappa shape index (κ3) is 2.68. The van der Waals surface area contributed by atoms with Crippen molar-refractivity contribution in [1.29, 1.82) is 0 Å². The Balaban J connectivity index is 2.03. The zero-order chi connectivity index (χ0) is 13.4. The second-order valence-electron chi connectivity index (χ2n) is 5.49. The SMILES string of the molecule is CCc1ncc(/C=C/B2OC(C)(C)C(C)(C)O2)s1. The van der Waals surface area contributed by atoms with Crippen molar-refractivity contribution < 1.29 is 9.31 Å². The second-order valence-corrected chi connectivity index (χ2v) is 6.64. The molecule has 2 heterocycles. The van der Waals surface area contributed by atoms with E-state index in [4.69, 9.17) is 9.31 Å². The smallest absolute Gasteiger partial charge is 0.400 e. The fourth-order valence-electron chi connectivity index (χ4n) is 1.71. The highest BCUT2D eigenvalue weighted by atomic mass is 32.1. The molecule has 0 spiro atoms. The molecule has 1 fully saturated rings. The average Bonchev–Trinajstić information content (AvgIpc) is 2.79. The van der Waals surface area contributed by atoms with E-state index in [2.05, 4.69) is 39.6 Å². The molecule has 98 valence electrons. The largest absolute Gasteiger partial charge is 0.487 e. The predicted octanol–water partition coefficient (Wildman–Crippen LogP) is 3.35. The van der Waals surface area contributed by atoms with Crippen LogP contribution in [-0.2, 0) is 15.7 Å². The molecule has 18 heavy (non-hydrogen) atoms. The van der Waals surface area contributed by atoms with Gasteiger partial charge < -0.3 is 9.31 Å². The maximum Gasteiger partial charge on any atom is 0.487 e. The van der Waals surface area contributed by atoms with Gasteiger partial charge in [-0.3, -0.25) is 0 Å². The summed E-state index contributed by atoms with van der Waals surface area (Å²) in [5, 5.41) is 1.16. The Morgan fingerprint density at radius 3 is 2.39 bits per heavy atom. The van der Waals surface area contributed by atoms with Crippen LogP contribution in [-0.4, -0.2) is 23.3 Å². The van der Waals surface area contributed by atoms with Crippen molar-refractivity contribution in [2.75, 3.05) is 0 Å². The molecule has 3 nitrogen and oxygen atoms in total. The van der Waals surface area contributed by atoms with E-state index in [-0.39, 0.29) is 18.3 Å². The third-order valence-electron chi connectivity index (χ3n) is 3.56. The minimum Gasteiger partial charge on any atom is -0.400 e. The summed E-state index contributed by atoms with van der Waals surface area (Å²) in [5.74, 6) is 1.96. The molecule has 1 aliphatic rings. The minimum atomic E-state index is -0.276. The molecule has 0 aromatic carbocycles. The highest BCUT2D eigenvalue weighted by Gasteiger charge is 2.49. The van der Waals surface area contributed by atoms with Crippen LogP contribution in [0.15, 0.2) is 12.2 Å². The van der Waals surface area contributed by atoms with E-state index < -0.39 is 0 Å². The highest BCUT2D eigenvalue weighted by Crippen LogP contribution is 2.37. The first-order valence-corrected chi connectivity index (χ1v) is 7.14. The zero-order valence-electron chi connectivity index (χ0n) is 11.7. The minimum absolute atomic E-state index is 0.274. The van der Waals surface area contributed by atoms with Crippen LogP contribution in [0.25, 0.3) is 6.08 Å². The Bertz CT molecular complexity index is 438. The van der Waals surface area contributed by atoms with Gasteiger partial charge in [0.2, 0.25) is 0 Å². The Hall–Kier alpha value is -0.645. The van der Waals surface area contributed by atoms with Crippen LogP contribution in [0.2, 0.25) is 0 Å². The molecule has 1 aromatic heterocycles. The van der Waals surface area contributed by atoms with Gasteiger partial charge in [0.25, 0.3) is 0 Å². The molecule has 1 saturated heterocycles. The molecule has 0 unspecified atom stereocenters. The molecule has 0 atom stereocenters. The summed E-state index contributed by atoms with van der Waals surface area (Å²) in [5.41, 5.74) is -0.547. The number of hydrogen-bond donors (Lipinski definition) is 0. The fraction of sp³-hybridized carbons (Fsp3) is 0.615. The van der Waals surface area contributed by atoms with Gasteiger partial charge in [-0.1, -0.05) is 19.0 Å².